The molecule has 0 amide bonds. The van der Waals surface area contributed by atoms with E-state index in [1.807, 2.05) is 24.3 Å². The van der Waals surface area contributed by atoms with E-state index < -0.39 is 0 Å². The Morgan fingerprint density at radius 2 is 0.519 bits per heavy atom. The zero-order chi connectivity index (χ0) is 36.1. The van der Waals surface area contributed by atoms with Gasteiger partial charge in [-0.15, -0.1) is 0 Å². The molecule has 0 unspecified atom stereocenters. The lowest BCUT2D eigenvalue weighted by Crippen LogP contribution is -2.01. The normalized spacial score (nSPS) is 11.0. The molecule has 3 heteroatoms. The van der Waals surface area contributed by atoms with Crippen LogP contribution in [0.1, 0.15) is 0 Å². The van der Waals surface area contributed by atoms with Crippen LogP contribution in [0.2, 0.25) is 0 Å². The highest BCUT2D eigenvalue weighted by atomic mass is 15.0. The Morgan fingerprint density at radius 3 is 1.04 bits per heavy atom. The number of hydrogen-bond donors (Lipinski definition) is 0. The number of aromatic nitrogens is 3. The monoisotopic (exact) mass is 689 g/mol. The van der Waals surface area contributed by atoms with E-state index >= 15 is 0 Å². The largest absolute Gasteiger partial charge is 0.208 e. The van der Waals surface area contributed by atoms with E-state index in [-0.39, 0.29) is 0 Å². The van der Waals surface area contributed by atoms with Crippen LogP contribution in [0, 0.1) is 0 Å². The molecule has 8 aromatic carbocycles. The van der Waals surface area contributed by atoms with Crippen LogP contribution in [-0.2, 0) is 0 Å². The molecule has 9 aromatic rings. The van der Waals surface area contributed by atoms with Crippen molar-refractivity contribution in [1.29, 1.82) is 0 Å². The summed E-state index contributed by atoms with van der Waals surface area (Å²) in [4.78, 5) is 15.5. The highest BCUT2D eigenvalue weighted by Crippen LogP contribution is 2.37. The highest BCUT2D eigenvalue weighted by molar-refractivity contribution is 5.86. The molecule has 0 aliphatic rings. The maximum Gasteiger partial charge on any atom is 0.164 e. The van der Waals surface area contributed by atoms with E-state index in [9.17, 15) is 0 Å². The first-order chi connectivity index (χ1) is 26.7. The standard InChI is InChI=1S/C51H35N3/c1-5-15-36(16-6-1)42-23-13-24-43(33-42)39-27-29-41(30-28-39)49-52-50(46-26-14-25-44(34-46)37-17-7-2-8-18-37)54-51(53-49)47-32-31-45(38-19-9-3-10-20-38)35-48(47)40-21-11-4-12-22-40/h1-35H. The van der Waals surface area contributed by atoms with Crippen LogP contribution in [0.5, 0.6) is 0 Å². The summed E-state index contributed by atoms with van der Waals surface area (Å²) < 4.78 is 0. The van der Waals surface area contributed by atoms with Gasteiger partial charge in [0.2, 0.25) is 0 Å². The van der Waals surface area contributed by atoms with Gasteiger partial charge >= 0.3 is 0 Å². The molecule has 9 rings (SSSR count). The van der Waals surface area contributed by atoms with Crippen molar-refractivity contribution in [3.8, 4) is 89.8 Å². The minimum absolute atomic E-state index is 0.621. The zero-order valence-corrected chi connectivity index (χ0v) is 29.5. The van der Waals surface area contributed by atoms with E-state index in [1.54, 1.807) is 0 Å². The number of rotatable bonds is 8. The van der Waals surface area contributed by atoms with Crippen LogP contribution in [0.15, 0.2) is 212 Å². The Bertz CT molecular complexity index is 2670. The summed E-state index contributed by atoms with van der Waals surface area (Å²) >= 11 is 0. The lowest BCUT2D eigenvalue weighted by atomic mass is 9.94. The van der Waals surface area contributed by atoms with Gasteiger partial charge < -0.3 is 0 Å². The second kappa shape index (κ2) is 14.8. The van der Waals surface area contributed by atoms with Gasteiger partial charge in [-0.1, -0.05) is 188 Å². The third kappa shape index (κ3) is 6.87. The summed E-state index contributed by atoms with van der Waals surface area (Å²) in [6.45, 7) is 0. The summed E-state index contributed by atoms with van der Waals surface area (Å²) in [5.74, 6) is 1.87. The van der Waals surface area contributed by atoms with Crippen LogP contribution in [0.4, 0.5) is 0 Å². The molecular formula is C51H35N3. The van der Waals surface area contributed by atoms with Crippen LogP contribution >= 0.6 is 0 Å². The predicted octanol–water partition coefficient (Wildman–Crippen LogP) is 13.2. The Balaban J connectivity index is 1.18. The summed E-state index contributed by atoms with van der Waals surface area (Å²) in [6.07, 6.45) is 0. The fraction of sp³-hybridized carbons (Fsp3) is 0. The second-order valence-corrected chi connectivity index (χ2v) is 13.3. The smallest absolute Gasteiger partial charge is 0.164 e. The lowest BCUT2D eigenvalue weighted by Gasteiger charge is -2.14. The van der Waals surface area contributed by atoms with Crippen LogP contribution in [-0.4, -0.2) is 15.0 Å². The van der Waals surface area contributed by atoms with Crippen molar-refractivity contribution >= 4 is 0 Å². The maximum atomic E-state index is 5.20. The summed E-state index contributed by atoms with van der Waals surface area (Å²) in [6, 6.07) is 74.1. The van der Waals surface area contributed by atoms with E-state index in [2.05, 4.69) is 188 Å². The Hall–Kier alpha value is -7.23. The van der Waals surface area contributed by atoms with Crippen LogP contribution in [0.3, 0.4) is 0 Å². The quantitative estimate of drug-likeness (QED) is 0.159. The minimum Gasteiger partial charge on any atom is -0.208 e. The molecule has 0 aliphatic carbocycles. The molecule has 3 nitrogen and oxygen atoms in total. The molecular weight excluding hydrogens is 655 g/mol. The van der Waals surface area contributed by atoms with Crippen molar-refractivity contribution in [2.45, 2.75) is 0 Å². The molecule has 1 aromatic heterocycles. The van der Waals surface area contributed by atoms with Crippen molar-refractivity contribution in [3.63, 3.8) is 0 Å². The molecule has 0 aliphatic heterocycles. The van der Waals surface area contributed by atoms with E-state index in [0.717, 1.165) is 61.2 Å². The Morgan fingerprint density at radius 1 is 0.185 bits per heavy atom. The van der Waals surface area contributed by atoms with E-state index in [4.69, 9.17) is 15.0 Å². The molecule has 0 spiro atoms. The molecule has 0 radical (unpaired) electrons. The molecule has 1 heterocycles. The highest BCUT2D eigenvalue weighted by Gasteiger charge is 2.17. The summed E-state index contributed by atoms with van der Waals surface area (Å²) in [5, 5.41) is 0. The molecule has 0 N–H and O–H groups in total. The van der Waals surface area contributed by atoms with Crippen molar-refractivity contribution in [2.75, 3.05) is 0 Å². The van der Waals surface area contributed by atoms with E-state index in [1.165, 1.54) is 11.1 Å². The SMILES string of the molecule is c1ccc(-c2cccc(-c3ccc(-c4nc(-c5cccc(-c6ccccc6)c5)nc(-c5ccc(-c6ccccc6)cc5-c5ccccc5)n4)cc3)c2)cc1. The lowest BCUT2D eigenvalue weighted by molar-refractivity contribution is 1.07. The third-order valence-corrected chi connectivity index (χ3v) is 9.76. The van der Waals surface area contributed by atoms with Gasteiger partial charge in [0.15, 0.2) is 17.5 Å². The van der Waals surface area contributed by atoms with Crippen LogP contribution < -0.4 is 0 Å². The molecule has 0 fully saturated rings. The van der Waals surface area contributed by atoms with Gasteiger partial charge in [-0.25, -0.2) is 15.0 Å². The maximum absolute atomic E-state index is 5.20. The average molecular weight is 690 g/mol. The molecule has 0 atom stereocenters. The van der Waals surface area contributed by atoms with Gasteiger partial charge in [0.1, 0.15) is 0 Å². The van der Waals surface area contributed by atoms with Crippen molar-refractivity contribution in [2.24, 2.45) is 0 Å². The van der Waals surface area contributed by atoms with Gasteiger partial charge in [-0.05, 0) is 79.9 Å². The first kappa shape index (κ1) is 32.7. The van der Waals surface area contributed by atoms with Crippen molar-refractivity contribution < 1.29 is 0 Å². The number of hydrogen-bond acceptors (Lipinski definition) is 3. The first-order valence-corrected chi connectivity index (χ1v) is 18.2. The van der Waals surface area contributed by atoms with Gasteiger partial charge in [-0.3, -0.25) is 0 Å². The number of nitrogens with zero attached hydrogens (tertiary/aromatic N) is 3. The Labute approximate surface area is 316 Å². The van der Waals surface area contributed by atoms with Crippen molar-refractivity contribution in [3.05, 3.63) is 212 Å². The van der Waals surface area contributed by atoms with Gasteiger partial charge in [0, 0.05) is 16.7 Å². The summed E-state index contributed by atoms with van der Waals surface area (Å²) in [7, 11) is 0. The number of benzene rings is 8. The molecule has 254 valence electrons. The van der Waals surface area contributed by atoms with Gasteiger partial charge in [-0.2, -0.15) is 0 Å². The fourth-order valence-electron chi connectivity index (χ4n) is 6.95. The minimum atomic E-state index is 0.621. The second-order valence-electron chi connectivity index (χ2n) is 13.3. The predicted molar refractivity (Wildman–Crippen MR) is 223 cm³/mol. The molecule has 0 saturated carbocycles. The average Bonchev–Trinajstić information content (AvgIpc) is 3.27. The fourth-order valence-corrected chi connectivity index (χ4v) is 6.95. The van der Waals surface area contributed by atoms with Crippen LogP contribution in [0.25, 0.3) is 89.8 Å². The van der Waals surface area contributed by atoms with E-state index in [0.29, 0.717) is 17.5 Å². The Kier molecular flexibility index (Phi) is 8.94. The van der Waals surface area contributed by atoms with Gasteiger partial charge in [0.05, 0.1) is 0 Å². The topological polar surface area (TPSA) is 38.7 Å². The third-order valence-electron chi connectivity index (χ3n) is 9.76. The van der Waals surface area contributed by atoms with Gasteiger partial charge in [0.25, 0.3) is 0 Å². The molecule has 54 heavy (non-hydrogen) atoms. The summed E-state index contributed by atoms with van der Waals surface area (Å²) in [5.41, 5.74) is 14.2. The zero-order valence-electron chi connectivity index (χ0n) is 29.5. The molecule has 0 bridgehead atoms. The first-order valence-electron chi connectivity index (χ1n) is 18.2. The van der Waals surface area contributed by atoms with Crippen molar-refractivity contribution in [1.82, 2.24) is 15.0 Å². The molecule has 0 saturated heterocycles.